The molecule has 12 heteroatoms. The number of anilines is 3. The summed E-state index contributed by atoms with van der Waals surface area (Å²) >= 11 is 20.6. The number of halogens is 3. The first-order valence-electron chi connectivity index (χ1n) is 18.7. The van der Waals surface area contributed by atoms with E-state index in [2.05, 4.69) is 30.9 Å². The second-order valence-electron chi connectivity index (χ2n) is 14.2. The molecule has 3 amide bonds. The lowest BCUT2D eigenvalue weighted by molar-refractivity contribution is 0.101. The predicted molar refractivity (Wildman–Crippen MR) is 243 cm³/mol. The third-order valence-corrected chi connectivity index (χ3v) is 11.8. The Labute approximate surface area is 355 Å². The quantitative estimate of drug-likeness (QED) is 0.143. The van der Waals surface area contributed by atoms with Gasteiger partial charge in [-0.05, 0) is 34.4 Å². The first-order valence-corrected chi connectivity index (χ1v) is 19.8. The van der Waals surface area contributed by atoms with Gasteiger partial charge in [0.15, 0.2) is 0 Å². The molecule has 3 aromatic heterocycles. The Kier molecular flexibility index (Phi) is 9.21. The molecular formula is C48H27Cl3N6O3. The van der Waals surface area contributed by atoms with Crippen molar-refractivity contribution in [3.8, 4) is 0 Å². The Morgan fingerprint density at radius 1 is 0.367 bits per heavy atom. The highest BCUT2D eigenvalue weighted by atomic mass is 35.5. The van der Waals surface area contributed by atoms with Gasteiger partial charge in [-0.2, -0.15) is 0 Å². The molecule has 0 radical (unpaired) electrons. The summed E-state index contributed by atoms with van der Waals surface area (Å²) in [6.07, 6.45) is 4.28. The highest BCUT2D eigenvalue weighted by molar-refractivity contribution is 6.41. The van der Waals surface area contributed by atoms with Crippen LogP contribution in [0.2, 0.25) is 15.1 Å². The van der Waals surface area contributed by atoms with E-state index in [9.17, 15) is 14.4 Å². The number of aromatic nitrogens is 3. The number of nitrogens with one attached hydrogen (secondary N) is 3. The number of hydrogen-bond acceptors (Lipinski definition) is 6. The van der Waals surface area contributed by atoms with E-state index in [1.807, 2.05) is 109 Å². The molecule has 10 rings (SSSR count). The third-order valence-electron chi connectivity index (χ3n) is 10.5. The molecule has 0 aliphatic rings. The van der Waals surface area contributed by atoms with E-state index in [0.29, 0.717) is 32.7 Å². The van der Waals surface area contributed by atoms with Gasteiger partial charge in [0, 0.05) is 68.0 Å². The molecule has 0 saturated heterocycles. The van der Waals surface area contributed by atoms with Crippen LogP contribution >= 0.6 is 34.8 Å². The van der Waals surface area contributed by atoms with Crippen molar-refractivity contribution in [3.05, 3.63) is 178 Å². The standard InChI is InChI=1S/C48H27Cl3N6O3/c49-40-34-16-13-25-7-1-4-10-31(25)43(34)52-22-37(40)46(58)55-28-19-29(56-47(59)38-23-53-44-32-11-5-2-8-26(32)14-17-35(44)41(38)50)21-30(20-28)57-48(60)39-24-54-45-33-12-6-3-9-27(33)15-18-36(45)42(39)51/h1-24H,(H,55,58)(H,56,59)(H,57,60). The average molecular weight is 842 g/mol. The van der Waals surface area contributed by atoms with Crippen LogP contribution in [-0.2, 0) is 0 Å². The lowest BCUT2D eigenvalue weighted by Crippen LogP contribution is -2.17. The first kappa shape index (κ1) is 37.1. The summed E-state index contributed by atoms with van der Waals surface area (Å²) in [6.45, 7) is 0. The Hall–Kier alpha value is -7.17. The summed E-state index contributed by atoms with van der Waals surface area (Å²) in [5, 5.41) is 16.8. The van der Waals surface area contributed by atoms with Crippen LogP contribution in [0.1, 0.15) is 31.1 Å². The smallest absolute Gasteiger partial charge is 0.258 e. The fourth-order valence-corrected chi connectivity index (χ4v) is 8.48. The fraction of sp³-hybridized carbons (Fsp3) is 0. The van der Waals surface area contributed by atoms with Crippen LogP contribution in [0.4, 0.5) is 17.1 Å². The summed E-state index contributed by atoms with van der Waals surface area (Å²) in [7, 11) is 0. The van der Waals surface area contributed by atoms with E-state index in [4.69, 9.17) is 34.8 Å². The second-order valence-corrected chi connectivity index (χ2v) is 15.3. The van der Waals surface area contributed by atoms with Crippen LogP contribution in [0.3, 0.4) is 0 Å². The number of carbonyl (C=O) groups is 3. The zero-order valence-corrected chi connectivity index (χ0v) is 33.3. The van der Waals surface area contributed by atoms with Gasteiger partial charge in [-0.25, -0.2) is 0 Å². The summed E-state index contributed by atoms with van der Waals surface area (Å²) in [6, 6.07) is 39.2. The number of carbonyl (C=O) groups excluding carboxylic acids is 3. The van der Waals surface area contributed by atoms with Crippen molar-refractivity contribution in [2.45, 2.75) is 0 Å². The minimum atomic E-state index is -0.564. The molecule has 288 valence electrons. The number of rotatable bonds is 6. The molecule has 10 aromatic rings. The summed E-state index contributed by atoms with van der Waals surface area (Å²) in [5.41, 5.74) is 3.05. The average Bonchev–Trinajstić information content (AvgIpc) is 3.26. The van der Waals surface area contributed by atoms with E-state index in [1.165, 1.54) is 18.6 Å². The van der Waals surface area contributed by atoms with Gasteiger partial charge in [0.1, 0.15) is 0 Å². The van der Waals surface area contributed by atoms with Gasteiger partial charge in [0.2, 0.25) is 0 Å². The molecule has 0 aliphatic carbocycles. The van der Waals surface area contributed by atoms with Gasteiger partial charge >= 0.3 is 0 Å². The molecule has 3 heterocycles. The lowest BCUT2D eigenvalue weighted by atomic mass is 10.0. The predicted octanol–water partition coefficient (Wildman–Crippen LogP) is 12.5. The molecule has 0 spiro atoms. The normalized spacial score (nSPS) is 11.4. The van der Waals surface area contributed by atoms with Crippen LogP contribution < -0.4 is 16.0 Å². The molecule has 0 atom stereocenters. The molecule has 3 N–H and O–H groups in total. The monoisotopic (exact) mass is 840 g/mol. The maximum Gasteiger partial charge on any atom is 0.258 e. The highest BCUT2D eigenvalue weighted by Crippen LogP contribution is 2.35. The van der Waals surface area contributed by atoms with Crippen LogP contribution in [0, 0.1) is 0 Å². The Bertz CT molecular complexity index is 3110. The van der Waals surface area contributed by atoms with Gasteiger partial charge < -0.3 is 16.0 Å². The van der Waals surface area contributed by atoms with Gasteiger partial charge in [0.05, 0.1) is 48.3 Å². The SMILES string of the molecule is O=C(Nc1cc(NC(=O)c2cnc3c(ccc4ccccc43)c2Cl)cc(NC(=O)c2cnc3c(ccc4ccccc43)c2Cl)c1)c1cnc2c(ccc3ccccc32)c1Cl. The fourth-order valence-electron chi connectivity index (χ4n) is 7.62. The van der Waals surface area contributed by atoms with E-state index >= 15 is 0 Å². The molecule has 0 aliphatic heterocycles. The summed E-state index contributed by atoms with van der Waals surface area (Å²) < 4.78 is 0. The van der Waals surface area contributed by atoms with E-state index in [1.54, 1.807) is 18.2 Å². The van der Waals surface area contributed by atoms with Crippen molar-refractivity contribution < 1.29 is 14.4 Å². The first-order chi connectivity index (χ1) is 29.2. The molecule has 0 bridgehead atoms. The van der Waals surface area contributed by atoms with E-state index in [0.717, 1.165) is 32.3 Å². The van der Waals surface area contributed by atoms with Crippen molar-refractivity contribution >= 4 is 135 Å². The van der Waals surface area contributed by atoms with Crippen LogP contribution in [0.5, 0.6) is 0 Å². The number of nitrogens with zero attached hydrogens (tertiary/aromatic N) is 3. The van der Waals surface area contributed by atoms with Crippen LogP contribution in [-0.4, -0.2) is 32.7 Å². The van der Waals surface area contributed by atoms with Crippen molar-refractivity contribution in [1.29, 1.82) is 0 Å². The maximum atomic E-state index is 13.9. The minimum Gasteiger partial charge on any atom is -0.322 e. The molecule has 0 saturated carbocycles. The number of hydrogen-bond donors (Lipinski definition) is 3. The van der Waals surface area contributed by atoms with Gasteiger partial charge in [0.25, 0.3) is 17.7 Å². The van der Waals surface area contributed by atoms with Crippen molar-refractivity contribution in [2.24, 2.45) is 0 Å². The molecule has 0 fully saturated rings. The lowest BCUT2D eigenvalue weighted by Gasteiger charge is -2.15. The molecule has 0 unspecified atom stereocenters. The van der Waals surface area contributed by atoms with Gasteiger partial charge in [-0.15, -0.1) is 0 Å². The second kappa shape index (κ2) is 14.9. The summed E-state index contributed by atoms with van der Waals surface area (Å²) in [4.78, 5) is 55.6. The topological polar surface area (TPSA) is 126 Å². The number of fused-ring (bicyclic) bond motifs is 9. The number of benzene rings is 7. The third kappa shape index (κ3) is 6.46. The van der Waals surface area contributed by atoms with Crippen molar-refractivity contribution in [3.63, 3.8) is 0 Å². The molecule has 60 heavy (non-hydrogen) atoms. The Morgan fingerprint density at radius 3 is 0.950 bits per heavy atom. The van der Waals surface area contributed by atoms with Crippen molar-refractivity contribution in [2.75, 3.05) is 16.0 Å². The maximum absolute atomic E-state index is 13.9. The molecule has 7 aromatic carbocycles. The minimum absolute atomic E-state index is 0.127. The Morgan fingerprint density at radius 2 is 0.650 bits per heavy atom. The van der Waals surface area contributed by atoms with Crippen LogP contribution in [0.25, 0.3) is 65.0 Å². The van der Waals surface area contributed by atoms with Gasteiger partial charge in [-0.1, -0.05) is 144 Å². The zero-order valence-electron chi connectivity index (χ0n) is 31.1. The number of amides is 3. The van der Waals surface area contributed by atoms with Crippen molar-refractivity contribution in [1.82, 2.24) is 15.0 Å². The molecule has 9 nitrogen and oxygen atoms in total. The molecular weight excluding hydrogens is 815 g/mol. The largest absolute Gasteiger partial charge is 0.322 e. The zero-order chi connectivity index (χ0) is 41.1. The number of pyridine rings is 3. The Balaban J connectivity index is 1.00. The van der Waals surface area contributed by atoms with Gasteiger partial charge in [-0.3, -0.25) is 29.3 Å². The van der Waals surface area contributed by atoms with E-state index in [-0.39, 0.29) is 48.8 Å². The van der Waals surface area contributed by atoms with Crippen LogP contribution in [0.15, 0.2) is 146 Å². The van der Waals surface area contributed by atoms with E-state index < -0.39 is 17.7 Å². The highest BCUT2D eigenvalue weighted by Gasteiger charge is 2.21. The summed E-state index contributed by atoms with van der Waals surface area (Å²) in [5.74, 6) is -1.69.